The van der Waals surface area contributed by atoms with Crippen molar-refractivity contribution in [1.82, 2.24) is 0 Å². The zero-order chi connectivity index (χ0) is 10.4. The second kappa shape index (κ2) is 22.5. The highest BCUT2D eigenvalue weighted by atomic mass is 14.6. The Hall–Kier alpha value is -0.850. The predicted molar refractivity (Wildman–Crippen MR) is 60.8 cm³/mol. The highest BCUT2D eigenvalue weighted by Gasteiger charge is 1.72. The van der Waals surface area contributed by atoms with Crippen LogP contribution in [0.5, 0.6) is 0 Å². The van der Waals surface area contributed by atoms with Gasteiger partial charge < -0.3 is 0 Å². The average molecular weight is 169 g/mol. The van der Waals surface area contributed by atoms with Crippen LogP contribution < -0.4 is 0 Å². The SMILES string of the molecule is C=N/C=C(C)/C=C\C.CC.CC. The van der Waals surface area contributed by atoms with Gasteiger partial charge in [-0.1, -0.05) is 39.8 Å². The number of allylic oxidation sites excluding steroid dienone is 3. The molecule has 0 aromatic rings. The van der Waals surface area contributed by atoms with Gasteiger partial charge in [0, 0.05) is 6.20 Å². The summed E-state index contributed by atoms with van der Waals surface area (Å²) in [6.45, 7) is 15.3. The number of rotatable bonds is 2. The Bertz CT molecular complexity index is 121. The zero-order valence-corrected chi connectivity index (χ0v) is 9.39. The highest BCUT2D eigenvalue weighted by Crippen LogP contribution is 1.92. The summed E-state index contributed by atoms with van der Waals surface area (Å²) in [4.78, 5) is 3.59. The van der Waals surface area contributed by atoms with Gasteiger partial charge in [0.15, 0.2) is 0 Å². The fraction of sp³-hybridized carbons (Fsp3) is 0.545. The maximum Gasteiger partial charge on any atom is 0.0289 e. The van der Waals surface area contributed by atoms with Gasteiger partial charge in [-0.05, 0) is 26.1 Å². The first-order valence-electron chi connectivity index (χ1n) is 4.56. The third kappa shape index (κ3) is 22.9. The molecule has 0 bridgehead atoms. The van der Waals surface area contributed by atoms with Gasteiger partial charge in [-0.25, -0.2) is 0 Å². The molecule has 0 rings (SSSR count). The van der Waals surface area contributed by atoms with Gasteiger partial charge in [0.2, 0.25) is 0 Å². The standard InChI is InChI=1S/C7H11N.2C2H6/c1-4-5-7(2)6-8-3;2*1-2/h4-6H,3H2,1-2H3;2*1-2H3/b5-4-,7-6+;;. The van der Waals surface area contributed by atoms with Crippen molar-refractivity contribution in [2.75, 3.05) is 0 Å². The normalized spacial score (nSPS) is 9.33. The Labute approximate surface area is 77.9 Å². The van der Waals surface area contributed by atoms with Gasteiger partial charge in [0.25, 0.3) is 0 Å². The van der Waals surface area contributed by atoms with Gasteiger partial charge in [-0.3, -0.25) is 4.99 Å². The maximum atomic E-state index is 3.59. The topological polar surface area (TPSA) is 12.4 Å². The van der Waals surface area contributed by atoms with Crippen LogP contribution in [0.1, 0.15) is 41.5 Å². The summed E-state index contributed by atoms with van der Waals surface area (Å²) >= 11 is 0. The number of hydrogen-bond acceptors (Lipinski definition) is 1. The minimum absolute atomic E-state index is 1.13. The molecule has 0 fully saturated rings. The van der Waals surface area contributed by atoms with Crippen molar-refractivity contribution in [3.05, 3.63) is 23.9 Å². The largest absolute Gasteiger partial charge is 0.272 e. The average Bonchev–Trinajstić information content (AvgIpc) is 2.12. The molecule has 0 atom stereocenters. The van der Waals surface area contributed by atoms with E-state index in [0.717, 1.165) is 5.57 Å². The summed E-state index contributed by atoms with van der Waals surface area (Å²) in [5.74, 6) is 0. The van der Waals surface area contributed by atoms with E-state index in [1.807, 2.05) is 53.7 Å². The number of aliphatic imine (C=N–C) groups is 1. The Morgan fingerprint density at radius 1 is 1.17 bits per heavy atom. The monoisotopic (exact) mass is 169 g/mol. The lowest BCUT2D eigenvalue weighted by atomic mass is 10.3. The van der Waals surface area contributed by atoms with Gasteiger partial charge in [-0.2, -0.15) is 0 Å². The molecule has 0 heterocycles. The van der Waals surface area contributed by atoms with Crippen molar-refractivity contribution in [3.63, 3.8) is 0 Å². The third-order valence-corrected chi connectivity index (χ3v) is 0.724. The molecule has 0 aliphatic heterocycles. The van der Waals surface area contributed by atoms with E-state index in [9.17, 15) is 0 Å². The van der Waals surface area contributed by atoms with E-state index in [-0.39, 0.29) is 0 Å². The second-order valence-electron chi connectivity index (χ2n) is 1.56. The molecule has 0 radical (unpaired) electrons. The van der Waals surface area contributed by atoms with Crippen LogP contribution in [0, 0.1) is 0 Å². The first kappa shape index (κ1) is 17.3. The first-order valence-corrected chi connectivity index (χ1v) is 4.56. The molecule has 1 nitrogen and oxygen atoms in total. The van der Waals surface area contributed by atoms with E-state index in [0.29, 0.717) is 0 Å². The third-order valence-electron chi connectivity index (χ3n) is 0.724. The second-order valence-corrected chi connectivity index (χ2v) is 1.56. The van der Waals surface area contributed by atoms with Crippen molar-refractivity contribution < 1.29 is 0 Å². The first-order chi connectivity index (χ1) is 5.81. The lowest BCUT2D eigenvalue weighted by Gasteiger charge is -1.82. The molecule has 12 heavy (non-hydrogen) atoms. The highest BCUT2D eigenvalue weighted by molar-refractivity contribution is 5.28. The summed E-state index contributed by atoms with van der Waals surface area (Å²) in [7, 11) is 0. The van der Waals surface area contributed by atoms with Crippen LogP contribution in [-0.4, -0.2) is 6.72 Å². The Kier molecular flexibility index (Phi) is 32.4. The molecule has 0 aromatic carbocycles. The Morgan fingerprint density at radius 3 is 1.83 bits per heavy atom. The molecule has 0 N–H and O–H groups in total. The number of nitrogens with zero attached hydrogens (tertiary/aromatic N) is 1. The van der Waals surface area contributed by atoms with Gasteiger partial charge >= 0.3 is 0 Å². The fourth-order valence-corrected chi connectivity index (χ4v) is 0.450. The zero-order valence-electron chi connectivity index (χ0n) is 9.39. The molecular formula is C11H23N. The lowest BCUT2D eigenvalue weighted by Crippen LogP contribution is -1.62. The van der Waals surface area contributed by atoms with E-state index in [1.54, 1.807) is 6.20 Å². The van der Waals surface area contributed by atoms with Crippen LogP contribution in [-0.2, 0) is 0 Å². The van der Waals surface area contributed by atoms with Crippen LogP contribution in [0.15, 0.2) is 28.9 Å². The number of hydrogen-bond donors (Lipinski definition) is 0. The van der Waals surface area contributed by atoms with Crippen molar-refractivity contribution in [3.8, 4) is 0 Å². The van der Waals surface area contributed by atoms with E-state index in [2.05, 4.69) is 11.7 Å². The Balaban J connectivity index is -0.000000175. The van der Waals surface area contributed by atoms with Crippen molar-refractivity contribution in [2.24, 2.45) is 4.99 Å². The smallest absolute Gasteiger partial charge is 0.0289 e. The summed E-state index contributed by atoms with van der Waals surface area (Å²) in [6, 6.07) is 0. The quantitative estimate of drug-likeness (QED) is 0.433. The van der Waals surface area contributed by atoms with Crippen LogP contribution >= 0.6 is 0 Å². The molecule has 0 spiro atoms. The van der Waals surface area contributed by atoms with Crippen molar-refractivity contribution >= 4 is 6.72 Å². The minimum atomic E-state index is 1.13. The molecule has 0 aliphatic carbocycles. The van der Waals surface area contributed by atoms with Gasteiger partial charge in [0.05, 0.1) is 0 Å². The van der Waals surface area contributed by atoms with Gasteiger partial charge in [0.1, 0.15) is 0 Å². The lowest BCUT2D eigenvalue weighted by molar-refractivity contribution is 1.43. The molecule has 0 unspecified atom stereocenters. The summed E-state index contributed by atoms with van der Waals surface area (Å²) in [5, 5.41) is 0. The van der Waals surface area contributed by atoms with Crippen LogP contribution in [0.4, 0.5) is 0 Å². The van der Waals surface area contributed by atoms with Crippen LogP contribution in [0.3, 0.4) is 0 Å². The van der Waals surface area contributed by atoms with Crippen LogP contribution in [0.2, 0.25) is 0 Å². The van der Waals surface area contributed by atoms with Crippen molar-refractivity contribution in [1.29, 1.82) is 0 Å². The van der Waals surface area contributed by atoms with Crippen LogP contribution in [0.25, 0.3) is 0 Å². The summed E-state index contributed by atoms with van der Waals surface area (Å²) in [6.07, 6.45) is 5.67. The Morgan fingerprint density at radius 2 is 1.58 bits per heavy atom. The van der Waals surface area contributed by atoms with E-state index >= 15 is 0 Å². The molecule has 72 valence electrons. The fourth-order valence-electron chi connectivity index (χ4n) is 0.450. The molecule has 0 saturated heterocycles. The van der Waals surface area contributed by atoms with E-state index in [4.69, 9.17) is 0 Å². The maximum absolute atomic E-state index is 3.59. The molecular weight excluding hydrogens is 146 g/mol. The molecule has 0 amide bonds. The van der Waals surface area contributed by atoms with Gasteiger partial charge in [-0.15, -0.1) is 0 Å². The van der Waals surface area contributed by atoms with E-state index < -0.39 is 0 Å². The minimum Gasteiger partial charge on any atom is -0.272 e. The molecule has 0 aliphatic rings. The summed E-state index contributed by atoms with van der Waals surface area (Å²) < 4.78 is 0. The van der Waals surface area contributed by atoms with Crippen molar-refractivity contribution in [2.45, 2.75) is 41.5 Å². The predicted octanol–water partition coefficient (Wildman–Crippen LogP) is 4.22. The molecule has 0 saturated carbocycles. The molecule has 1 heteroatoms. The van der Waals surface area contributed by atoms with E-state index in [1.165, 1.54) is 0 Å². The molecule has 0 aromatic heterocycles. The summed E-state index contributed by atoms with van der Waals surface area (Å²) in [5.41, 5.74) is 1.13.